The zero-order valence-electron chi connectivity index (χ0n) is 16.1. The zero-order chi connectivity index (χ0) is 19.6. The molecule has 2 aromatic rings. The fourth-order valence-corrected chi connectivity index (χ4v) is 3.76. The number of nitrogens with one attached hydrogen (secondary N) is 1. The standard InChI is InChI=1S/C20H26FN5O2/c1-20(13-28-14-20)12-26-11-18(23-24-26)19(27)22-17-6-8-25(9-7-17)10-15-2-4-16(21)5-3-15/h2-5,11,17H,6-10,12-14H2,1H3,(H,22,27). The largest absolute Gasteiger partial charge is 0.380 e. The number of aromatic nitrogens is 3. The topological polar surface area (TPSA) is 72.3 Å². The van der Waals surface area contributed by atoms with Gasteiger partial charge in [-0.2, -0.15) is 0 Å². The van der Waals surface area contributed by atoms with Crippen molar-refractivity contribution in [1.29, 1.82) is 0 Å². The van der Waals surface area contributed by atoms with Crippen LogP contribution in [0.3, 0.4) is 0 Å². The highest BCUT2D eigenvalue weighted by molar-refractivity contribution is 5.92. The van der Waals surface area contributed by atoms with Gasteiger partial charge in [-0.25, -0.2) is 4.39 Å². The van der Waals surface area contributed by atoms with Gasteiger partial charge in [0.05, 0.1) is 26.0 Å². The number of piperidine rings is 1. The van der Waals surface area contributed by atoms with Crippen LogP contribution in [0, 0.1) is 11.2 Å². The number of halogens is 1. The summed E-state index contributed by atoms with van der Waals surface area (Å²) in [6, 6.07) is 6.77. The van der Waals surface area contributed by atoms with Crippen LogP contribution in [0.4, 0.5) is 4.39 Å². The van der Waals surface area contributed by atoms with E-state index in [9.17, 15) is 9.18 Å². The average Bonchev–Trinajstić information content (AvgIpc) is 3.12. The molecule has 2 aliphatic rings. The second-order valence-corrected chi connectivity index (χ2v) is 8.26. The molecule has 8 heteroatoms. The summed E-state index contributed by atoms with van der Waals surface area (Å²) in [5.74, 6) is -0.379. The number of ether oxygens (including phenoxy) is 1. The normalized spacial score (nSPS) is 19.9. The van der Waals surface area contributed by atoms with Crippen molar-refractivity contribution in [1.82, 2.24) is 25.2 Å². The Balaban J connectivity index is 1.23. The minimum absolute atomic E-state index is 0.0821. The van der Waals surface area contributed by atoms with Crippen LogP contribution in [-0.2, 0) is 17.8 Å². The van der Waals surface area contributed by atoms with Crippen molar-refractivity contribution in [2.24, 2.45) is 5.41 Å². The molecule has 1 N–H and O–H groups in total. The molecule has 0 aliphatic carbocycles. The lowest BCUT2D eigenvalue weighted by Crippen LogP contribution is -2.44. The van der Waals surface area contributed by atoms with E-state index in [1.54, 1.807) is 10.9 Å². The van der Waals surface area contributed by atoms with E-state index < -0.39 is 0 Å². The summed E-state index contributed by atoms with van der Waals surface area (Å²) < 4.78 is 20.0. The molecule has 0 unspecified atom stereocenters. The van der Waals surface area contributed by atoms with Gasteiger partial charge in [-0.15, -0.1) is 5.10 Å². The fourth-order valence-electron chi connectivity index (χ4n) is 3.76. The second-order valence-electron chi connectivity index (χ2n) is 8.26. The Kier molecular flexibility index (Phi) is 5.41. The smallest absolute Gasteiger partial charge is 0.273 e. The highest BCUT2D eigenvalue weighted by Gasteiger charge is 2.34. The number of carbonyl (C=O) groups is 1. The molecule has 7 nitrogen and oxygen atoms in total. The number of hydrogen-bond donors (Lipinski definition) is 1. The predicted molar refractivity (Wildman–Crippen MR) is 101 cm³/mol. The van der Waals surface area contributed by atoms with Gasteiger partial charge in [0.1, 0.15) is 5.82 Å². The minimum Gasteiger partial charge on any atom is -0.380 e. The molecule has 2 saturated heterocycles. The van der Waals surface area contributed by atoms with Crippen LogP contribution in [0.15, 0.2) is 30.5 Å². The van der Waals surface area contributed by atoms with E-state index in [1.165, 1.54) is 12.1 Å². The number of rotatable bonds is 6. The molecule has 0 spiro atoms. The zero-order valence-corrected chi connectivity index (χ0v) is 16.1. The van der Waals surface area contributed by atoms with Gasteiger partial charge in [0.25, 0.3) is 5.91 Å². The molecule has 150 valence electrons. The molecule has 0 saturated carbocycles. The Morgan fingerprint density at radius 1 is 1.29 bits per heavy atom. The van der Waals surface area contributed by atoms with E-state index in [2.05, 4.69) is 27.5 Å². The van der Waals surface area contributed by atoms with Crippen molar-refractivity contribution in [3.8, 4) is 0 Å². The van der Waals surface area contributed by atoms with Gasteiger partial charge < -0.3 is 10.1 Å². The summed E-state index contributed by atoms with van der Waals surface area (Å²) in [6.07, 6.45) is 3.48. The van der Waals surface area contributed by atoms with Gasteiger partial charge in [0.15, 0.2) is 5.69 Å². The Labute approximate surface area is 163 Å². The van der Waals surface area contributed by atoms with E-state index in [1.807, 2.05) is 12.1 Å². The maximum Gasteiger partial charge on any atom is 0.273 e. The van der Waals surface area contributed by atoms with Crippen LogP contribution < -0.4 is 5.32 Å². The van der Waals surface area contributed by atoms with Crippen molar-refractivity contribution in [3.05, 3.63) is 47.5 Å². The van der Waals surface area contributed by atoms with Crippen LogP contribution in [0.25, 0.3) is 0 Å². The van der Waals surface area contributed by atoms with E-state index in [0.29, 0.717) is 25.5 Å². The average molecular weight is 387 g/mol. The first kappa shape index (κ1) is 19.0. The SMILES string of the molecule is CC1(Cn2cc(C(=O)NC3CCN(Cc4ccc(F)cc4)CC3)nn2)COC1. The summed E-state index contributed by atoms with van der Waals surface area (Å²) in [4.78, 5) is 14.8. The first-order valence-electron chi connectivity index (χ1n) is 9.75. The Bertz CT molecular complexity index is 810. The van der Waals surface area contributed by atoms with Crippen molar-refractivity contribution in [2.45, 2.75) is 38.9 Å². The summed E-state index contributed by atoms with van der Waals surface area (Å²) in [7, 11) is 0. The van der Waals surface area contributed by atoms with Gasteiger partial charge >= 0.3 is 0 Å². The molecule has 2 fully saturated rings. The van der Waals surface area contributed by atoms with E-state index in [0.717, 1.165) is 38.0 Å². The maximum absolute atomic E-state index is 13.0. The molecule has 1 aromatic heterocycles. The van der Waals surface area contributed by atoms with Crippen molar-refractivity contribution >= 4 is 5.91 Å². The van der Waals surface area contributed by atoms with E-state index >= 15 is 0 Å². The van der Waals surface area contributed by atoms with Gasteiger partial charge in [0, 0.05) is 31.1 Å². The third-order valence-corrected chi connectivity index (χ3v) is 5.46. The van der Waals surface area contributed by atoms with Crippen LogP contribution in [0.2, 0.25) is 0 Å². The molecular formula is C20H26FN5O2. The van der Waals surface area contributed by atoms with Gasteiger partial charge in [-0.3, -0.25) is 14.4 Å². The van der Waals surface area contributed by atoms with Crippen LogP contribution in [0.1, 0.15) is 35.8 Å². The minimum atomic E-state index is -0.211. The first-order chi connectivity index (χ1) is 13.5. The van der Waals surface area contributed by atoms with Crippen LogP contribution >= 0.6 is 0 Å². The van der Waals surface area contributed by atoms with Gasteiger partial charge in [-0.05, 0) is 30.5 Å². The molecule has 4 rings (SSSR count). The lowest BCUT2D eigenvalue weighted by Gasteiger charge is -2.37. The molecule has 2 aliphatic heterocycles. The number of amides is 1. The van der Waals surface area contributed by atoms with E-state index in [4.69, 9.17) is 4.74 Å². The summed E-state index contributed by atoms with van der Waals surface area (Å²) in [6.45, 7) is 6.86. The molecule has 3 heterocycles. The van der Waals surface area contributed by atoms with E-state index in [-0.39, 0.29) is 23.2 Å². The Hall–Kier alpha value is -2.32. The molecule has 0 radical (unpaired) electrons. The van der Waals surface area contributed by atoms with Crippen molar-refractivity contribution in [3.63, 3.8) is 0 Å². The van der Waals surface area contributed by atoms with Crippen LogP contribution in [-0.4, -0.2) is 58.1 Å². The number of benzene rings is 1. The van der Waals surface area contributed by atoms with Gasteiger partial charge in [0.2, 0.25) is 0 Å². The summed E-state index contributed by atoms with van der Waals surface area (Å²) >= 11 is 0. The number of carbonyl (C=O) groups excluding carboxylic acids is 1. The second kappa shape index (κ2) is 7.97. The fraction of sp³-hybridized carbons (Fsp3) is 0.550. The highest BCUT2D eigenvalue weighted by atomic mass is 19.1. The molecule has 1 amide bonds. The predicted octanol–water partition coefficient (Wildman–Crippen LogP) is 1.85. The number of hydrogen-bond acceptors (Lipinski definition) is 5. The molecule has 28 heavy (non-hydrogen) atoms. The third-order valence-electron chi connectivity index (χ3n) is 5.46. The summed E-state index contributed by atoms with van der Waals surface area (Å²) in [5, 5.41) is 11.2. The molecular weight excluding hydrogens is 361 g/mol. The quantitative estimate of drug-likeness (QED) is 0.819. The monoisotopic (exact) mass is 387 g/mol. The maximum atomic E-state index is 13.0. The van der Waals surface area contributed by atoms with Crippen molar-refractivity contribution in [2.75, 3.05) is 26.3 Å². The molecule has 1 aromatic carbocycles. The first-order valence-corrected chi connectivity index (χ1v) is 9.75. The van der Waals surface area contributed by atoms with Crippen LogP contribution in [0.5, 0.6) is 0 Å². The lowest BCUT2D eigenvalue weighted by molar-refractivity contribution is -0.111. The highest BCUT2D eigenvalue weighted by Crippen LogP contribution is 2.28. The van der Waals surface area contributed by atoms with Crippen molar-refractivity contribution < 1.29 is 13.9 Å². The molecule has 0 bridgehead atoms. The number of nitrogens with zero attached hydrogens (tertiary/aromatic N) is 4. The molecule has 0 atom stereocenters. The van der Waals surface area contributed by atoms with Gasteiger partial charge in [-0.1, -0.05) is 24.3 Å². The lowest BCUT2D eigenvalue weighted by atomic mass is 9.89. The number of likely N-dealkylation sites (tertiary alicyclic amines) is 1. The summed E-state index contributed by atoms with van der Waals surface area (Å²) in [5.41, 5.74) is 1.54. The third kappa shape index (κ3) is 4.56. The Morgan fingerprint density at radius 3 is 2.64 bits per heavy atom. The Morgan fingerprint density at radius 2 is 2.00 bits per heavy atom.